The second-order valence-corrected chi connectivity index (χ2v) is 6.21. The first-order chi connectivity index (χ1) is 12.5. The Morgan fingerprint density at radius 3 is 2.38 bits per heavy atom. The van der Waals surface area contributed by atoms with Gasteiger partial charge in [0.15, 0.2) is 0 Å². The molecule has 1 heterocycles. The van der Waals surface area contributed by atoms with Gasteiger partial charge in [-0.3, -0.25) is 4.79 Å². The van der Waals surface area contributed by atoms with Crippen LogP contribution < -0.4 is 15.4 Å². The molecule has 0 unspecified atom stereocenters. The summed E-state index contributed by atoms with van der Waals surface area (Å²) in [5, 5.41) is 6.78. The molecular weight excluding hydrogens is 373 g/mol. The molecule has 0 bridgehead atoms. The van der Waals surface area contributed by atoms with E-state index < -0.39 is 0 Å². The van der Waals surface area contributed by atoms with Gasteiger partial charge in [0.05, 0.1) is 29.7 Å². The summed E-state index contributed by atoms with van der Waals surface area (Å²) in [4.78, 5) is 16.5. The molecule has 1 amide bonds. The number of nitrogens with one attached hydrogen (secondary N) is 2. The number of nitrogens with zero attached hydrogens (tertiary/aromatic N) is 1. The summed E-state index contributed by atoms with van der Waals surface area (Å²) in [7, 11) is 1.62. The number of hydrogen-bond acceptors (Lipinski definition) is 4. The van der Waals surface area contributed by atoms with Crippen LogP contribution in [0.1, 0.15) is 10.5 Å². The fourth-order valence-electron chi connectivity index (χ4n) is 2.22. The molecule has 0 fully saturated rings. The largest absolute Gasteiger partial charge is 0.497 e. The van der Waals surface area contributed by atoms with Crippen LogP contribution in [0.25, 0.3) is 0 Å². The average Bonchev–Trinajstić information content (AvgIpc) is 2.66. The van der Waals surface area contributed by atoms with E-state index in [-0.39, 0.29) is 11.6 Å². The van der Waals surface area contributed by atoms with Crippen LogP contribution >= 0.6 is 23.2 Å². The zero-order valence-electron chi connectivity index (χ0n) is 13.8. The van der Waals surface area contributed by atoms with Crippen molar-refractivity contribution in [3.05, 3.63) is 76.5 Å². The van der Waals surface area contributed by atoms with Crippen LogP contribution in [0.2, 0.25) is 10.0 Å². The Morgan fingerprint density at radius 1 is 1.00 bits per heavy atom. The molecule has 0 aliphatic carbocycles. The number of amides is 1. The van der Waals surface area contributed by atoms with Crippen LogP contribution in [-0.4, -0.2) is 18.0 Å². The Bertz CT molecular complexity index is 913. The smallest absolute Gasteiger partial charge is 0.274 e. The predicted octanol–water partition coefficient (Wildman–Crippen LogP) is 5.39. The molecule has 0 aliphatic heterocycles. The summed E-state index contributed by atoms with van der Waals surface area (Å²) in [6.45, 7) is 0. The molecule has 5 nitrogen and oxygen atoms in total. The molecule has 132 valence electrons. The number of rotatable bonds is 5. The lowest BCUT2D eigenvalue weighted by atomic mass is 10.2. The number of ether oxygens (including phenoxy) is 1. The maximum atomic E-state index is 12.3. The molecule has 2 N–H and O–H groups in total. The molecule has 0 atom stereocenters. The molecule has 3 aromatic rings. The SMILES string of the molecule is COc1ccc(Nc2ccc(C(=O)Nc3cc(Cl)ccc3Cl)nc2)cc1. The van der Waals surface area contributed by atoms with E-state index >= 15 is 0 Å². The Kier molecular flexibility index (Phi) is 5.61. The summed E-state index contributed by atoms with van der Waals surface area (Å²) in [5.41, 5.74) is 2.34. The lowest BCUT2D eigenvalue weighted by Crippen LogP contribution is -2.14. The molecule has 7 heteroatoms. The molecule has 0 radical (unpaired) electrons. The van der Waals surface area contributed by atoms with E-state index in [4.69, 9.17) is 27.9 Å². The van der Waals surface area contributed by atoms with Crippen molar-refractivity contribution in [2.75, 3.05) is 17.7 Å². The number of aromatic nitrogens is 1. The van der Waals surface area contributed by atoms with Crippen LogP contribution in [0.15, 0.2) is 60.8 Å². The van der Waals surface area contributed by atoms with Gasteiger partial charge in [-0.05, 0) is 54.6 Å². The van der Waals surface area contributed by atoms with Gasteiger partial charge in [-0.1, -0.05) is 23.2 Å². The third kappa shape index (κ3) is 4.45. The van der Waals surface area contributed by atoms with Gasteiger partial charge in [0.2, 0.25) is 0 Å². The van der Waals surface area contributed by atoms with E-state index in [1.54, 1.807) is 43.6 Å². The molecule has 0 saturated heterocycles. The number of benzene rings is 2. The second kappa shape index (κ2) is 8.08. The van der Waals surface area contributed by atoms with Gasteiger partial charge in [-0.15, -0.1) is 0 Å². The van der Waals surface area contributed by atoms with Crippen LogP contribution in [0, 0.1) is 0 Å². The minimum Gasteiger partial charge on any atom is -0.497 e. The highest BCUT2D eigenvalue weighted by molar-refractivity contribution is 6.35. The fraction of sp³-hybridized carbons (Fsp3) is 0.0526. The molecular formula is C19H15Cl2N3O2. The number of halogens is 2. The second-order valence-electron chi connectivity index (χ2n) is 5.36. The molecule has 0 spiro atoms. The Balaban J connectivity index is 1.68. The number of carbonyl (C=O) groups excluding carboxylic acids is 1. The van der Waals surface area contributed by atoms with Gasteiger partial charge in [0, 0.05) is 10.7 Å². The van der Waals surface area contributed by atoms with Crippen molar-refractivity contribution < 1.29 is 9.53 Å². The van der Waals surface area contributed by atoms with Crippen LogP contribution in [0.4, 0.5) is 17.1 Å². The highest BCUT2D eigenvalue weighted by atomic mass is 35.5. The maximum Gasteiger partial charge on any atom is 0.274 e. The molecule has 1 aromatic heterocycles. The highest BCUT2D eigenvalue weighted by Gasteiger charge is 2.10. The molecule has 3 rings (SSSR count). The van der Waals surface area contributed by atoms with Crippen molar-refractivity contribution in [3.8, 4) is 5.75 Å². The Morgan fingerprint density at radius 2 is 1.73 bits per heavy atom. The summed E-state index contributed by atoms with van der Waals surface area (Å²) >= 11 is 12.0. The van der Waals surface area contributed by atoms with Crippen LogP contribution in [0.3, 0.4) is 0 Å². The van der Waals surface area contributed by atoms with Crippen molar-refractivity contribution >= 4 is 46.2 Å². The van der Waals surface area contributed by atoms with Gasteiger partial charge < -0.3 is 15.4 Å². The zero-order chi connectivity index (χ0) is 18.5. The Labute approximate surface area is 160 Å². The van der Waals surface area contributed by atoms with E-state index in [2.05, 4.69) is 15.6 Å². The number of anilines is 3. The summed E-state index contributed by atoms with van der Waals surface area (Å²) in [6.07, 6.45) is 1.58. The summed E-state index contributed by atoms with van der Waals surface area (Å²) in [6, 6.07) is 15.7. The van der Waals surface area contributed by atoms with E-state index in [9.17, 15) is 4.79 Å². The molecule has 0 saturated carbocycles. The first kappa shape index (κ1) is 18.0. The normalized spacial score (nSPS) is 10.3. The van der Waals surface area contributed by atoms with Gasteiger partial charge >= 0.3 is 0 Å². The van der Waals surface area contributed by atoms with Crippen LogP contribution in [-0.2, 0) is 0 Å². The van der Waals surface area contributed by atoms with E-state index in [0.29, 0.717) is 15.7 Å². The lowest BCUT2D eigenvalue weighted by molar-refractivity contribution is 0.102. The van der Waals surface area contributed by atoms with Crippen molar-refractivity contribution in [2.24, 2.45) is 0 Å². The third-order valence-corrected chi connectivity index (χ3v) is 4.12. The van der Waals surface area contributed by atoms with Crippen molar-refractivity contribution in [2.45, 2.75) is 0 Å². The number of pyridine rings is 1. The molecule has 26 heavy (non-hydrogen) atoms. The van der Waals surface area contributed by atoms with Crippen molar-refractivity contribution in [1.29, 1.82) is 0 Å². The summed E-state index contributed by atoms with van der Waals surface area (Å²) in [5.74, 6) is 0.408. The minimum atomic E-state index is -0.370. The van der Waals surface area contributed by atoms with E-state index in [0.717, 1.165) is 17.1 Å². The molecule has 2 aromatic carbocycles. The standard InChI is InChI=1S/C19H15Cl2N3O2/c1-26-15-6-3-13(4-7-15)23-14-5-9-17(22-11-14)19(25)24-18-10-12(20)2-8-16(18)21/h2-11,23H,1H3,(H,24,25). The lowest BCUT2D eigenvalue weighted by Gasteiger charge is -2.09. The average molecular weight is 388 g/mol. The first-order valence-corrected chi connectivity index (χ1v) is 8.44. The van der Waals surface area contributed by atoms with E-state index in [1.807, 2.05) is 24.3 Å². The topological polar surface area (TPSA) is 63.2 Å². The van der Waals surface area contributed by atoms with Gasteiger partial charge in [-0.2, -0.15) is 0 Å². The quantitative estimate of drug-likeness (QED) is 0.615. The van der Waals surface area contributed by atoms with Gasteiger partial charge in [0.25, 0.3) is 5.91 Å². The fourth-order valence-corrected chi connectivity index (χ4v) is 2.56. The number of carbonyl (C=O) groups is 1. The molecule has 0 aliphatic rings. The van der Waals surface area contributed by atoms with Gasteiger partial charge in [0.1, 0.15) is 11.4 Å². The summed E-state index contributed by atoms with van der Waals surface area (Å²) < 4.78 is 5.12. The van der Waals surface area contributed by atoms with Gasteiger partial charge in [-0.25, -0.2) is 4.98 Å². The number of methoxy groups -OCH3 is 1. The first-order valence-electron chi connectivity index (χ1n) is 7.69. The monoisotopic (exact) mass is 387 g/mol. The predicted molar refractivity (Wildman–Crippen MR) is 105 cm³/mol. The highest BCUT2D eigenvalue weighted by Crippen LogP contribution is 2.26. The zero-order valence-corrected chi connectivity index (χ0v) is 15.3. The van der Waals surface area contributed by atoms with Crippen LogP contribution in [0.5, 0.6) is 5.75 Å². The Hall–Kier alpha value is -2.76. The van der Waals surface area contributed by atoms with Crippen molar-refractivity contribution in [1.82, 2.24) is 4.98 Å². The third-order valence-electron chi connectivity index (χ3n) is 3.55. The minimum absolute atomic E-state index is 0.265. The number of hydrogen-bond donors (Lipinski definition) is 2. The maximum absolute atomic E-state index is 12.3. The van der Waals surface area contributed by atoms with Crippen molar-refractivity contribution in [3.63, 3.8) is 0 Å². The van der Waals surface area contributed by atoms with E-state index in [1.165, 1.54) is 0 Å².